The van der Waals surface area contributed by atoms with Crippen LogP contribution in [0.25, 0.3) is 0 Å². The second kappa shape index (κ2) is 15.7. The van der Waals surface area contributed by atoms with E-state index in [0.717, 1.165) is 33.8 Å². The molecule has 0 unspecified atom stereocenters. The molecule has 0 heterocycles. The van der Waals surface area contributed by atoms with Crippen LogP contribution in [0.4, 0.5) is 5.69 Å². The van der Waals surface area contributed by atoms with Gasteiger partial charge in [0.15, 0.2) is 0 Å². The Labute approximate surface area is 271 Å². The van der Waals surface area contributed by atoms with Gasteiger partial charge in [-0.05, 0) is 66.8 Å². The summed E-state index contributed by atoms with van der Waals surface area (Å²) in [6.45, 7) is 5.74. The van der Waals surface area contributed by atoms with Crippen LogP contribution >= 0.6 is 11.6 Å². The Bertz CT molecular complexity index is 1700. The number of carbonyl (C=O) groups is 2. The fourth-order valence-electron chi connectivity index (χ4n) is 5.11. The highest BCUT2D eigenvalue weighted by Gasteiger charge is 2.35. The molecule has 0 radical (unpaired) electrons. The van der Waals surface area contributed by atoms with Crippen LogP contribution in [0, 0.1) is 13.8 Å². The van der Waals surface area contributed by atoms with E-state index in [1.807, 2.05) is 63.2 Å². The Morgan fingerprint density at radius 2 is 1.49 bits per heavy atom. The van der Waals surface area contributed by atoms with Crippen LogP contribution in [0.1, 0.15) is 42.0 Å². The van der Waals surface area contributed by atoms with Crippen LogP contribution in [-0.4, -0.2) is 44.3 Å². The molecular weight excluding hydrogens is 606 g/mol. The highest BCUT2D eigenvalue weighted by molar-refractivity contribution is 7.92. The lowest BCUT2D eigenvalue weighted by atomic mass is 10.0. The molecule has 1 N–H and O–H groups in total. The molecule has 0 bridgehead atoms. The lowest BCUT2D eigenvalue weighted by Gasteiger charge is -2.34. The predicted octanol–water partition coefficient (Wildman–Crippen LogP) is 6.71. The number of aryl methyl sites for hydroxylation is 1. The fourth-order valence-corrected chi connectivity index (χ4v) is 6.80. The van der Waals surface area contributed by atoms with Gasteiger partial charge < -0.3 is 10.2 Å². The van der Waals surface area contributed by atoms with Gasteiger partial charge in [0.05, 0.1) is 10.6 Å². The van der Waals surface area contributed by atoms with Crippen molar-refractivity contribution < 1.29 is 18.0 Å². The Morgan fingerprint density at radius 1 is 0.844 bits per heavy atom. The normalized spacial score (nSPS) is 11.9. The van der Waals surface area contributed by atoms with Crippen molar-refractivity contribution in [3.63, 3.8) is 0 Å². The molecule has 1 atom stereocenters. The van der Waals surface area contributed by atoms with Crippen LogP contribution in [-0.2, 0) is 32.6 Å². The van der Waals surface area contributed by atoms with E-state index in [0.29, 0.717) is 22.8 Å². The molecule has 0 spiro atoms. The standard InChI is InChI=1S/C36H40ClN3O4S/c1-4-5-23-38-36(42)34(24-29-16-8-6-9-17-29)39(25-30-18-12-13-21-32(30)37)35(41)26-40(33-22-14-15-27(2)28(33)3)45(43,44)31-19-10-7-11-20-31/h6-22,34H,4-5,23-26H2,1-3H3,(H,38,42)/t34-/m0/s1. The molecule has 45 heavy (non-hydrogen) atoms. The summed E-state index contributed by atoms with van der Waals surface area (Å²) in [4.78, 5) is 30.0. The number of carbonyl (C=O) groups excluding carboxylic acids is 2. The van der Waals surface area contributed by atoms with Crippen molar-refractivity contribution in [2.45, 2.75) is 57.5 Å². The van der Waals surface area contributed by atoms with E-state index in [9.17, 15) is 18.0 Å². The SMILES string of the molecule is CCCCNC(=O)[C@H](Cc1ccccc1)N(Cc1ccccc1Cl)C(=O)CN(c1cccc(C)c1C)S(=O)(=O)c1ccccc1. The van der Waals surface area contributed by atoms with Crippen molar-refractivity contribution in [2.24, 2.45) is 0 Å². The number of unbranched alkanes of at least 4 members (excludes halogenated alkanes) is 1. The van der Waals surface area contributed by atoms with Gasteiger partial charge in [-0.25, -0.2) is 8.42 Å². The Balaban J connectivity index is 1.82. The third-order valence-corrected chi connectivity index (χ3v) is 10.00. The number of hydrogen-bond acceptors (Lipinski definition) is 4. The summed E-state index contributed by atoms with van der Waals surface area (Å²) in [5.74, 6) is -0.834. The smallest absolute Gasteiger partial charge is 0.264 e. The summed E-state index contributed by atoms with van der Waals surface area (Å²) in [5.41, 5.74) is 3.54. The molecule has 4 aromatic rings. The van der Waals surface area contributed by atoms with E-state index < -0.39 is 28.5 Å². The van der Waals surface area contributed by atoms with E-state index >= 15 is 0 Å². The number of nitrogens with one attached hydrogen (secondary N) is 1. The van der Waals surface area contributed by atoms with Gasteiger partial charge in [-0.2, -0.15) is 0 Å². The predicted molar refractivity (Wildman–Crippen MR) is 181 cm³/mol. The van der Waals surface area contributed by atoms with Gasteiger partial charge in [-0.15, -0.1) is 0 Å². The zero-order valence-electron chi connectivity index (χ0n) is 25.9. The van der Waals surface area contributed by atoms with E-state index in [2.05, 4.69) is 5.32 Å². The lowest BCUT2D eigenvalue weighted by molar-refractivity contribution is -0.140. The maximum absolute atomic E-state index is 14.6. The number of amides is 2. The van der Waals surface area contributed by atoms with Crippen molar-refractivity contribution in [3.05, 3.63) is 130 Å². The summed E-state index contributed by atoms with van der Waals surface area (Å²) < 4.78 is 29.5. The number of benzene rings is 4. The van der Waals surface area contributed by atoms with E-state index in [4.69, 9.17) is 11.6 Å². The molecule has 236 valence electrons. The van der Waals surface area contributed by atoms with Crippen molar-refractivity contribution >= 4 is 39.1 Å². The largest absolute Gasteiger partial charge is 0.354 e. The Morgan fingerprint density at radius 3 is 2.16 bits per heavy atom. The van der Waals surface area contributed by atoms with E-state index in [1.54, 1.807) is 48.5 Å². The summed E-state index contributed by atoms with van der Waals surface area (Å²) in [6, 6.07) is 29.1. The number of anilines is 1. The molecule has 0 saturated carbocycles. The van der Waals surface area contributed by atoms with Crippen LogP contribution in [0.15, 0.2) is 108 Å². The van der Waals surface area contributed by atoms with Crippen molar-refractivity contribution in [3.8, 4) is 0 Å². The topological polar surface area (TPSA) is 86.8 Å². The molecule has 0 saturated heterocycles. The third-order valence-electron chi connectivity index (χ3n) is 7.85. The van der Waals surface area contributed by atoms with Crippen LogP contribution in [0.5, 0.6) is 0 Å². The molecule has 7 nitrogen and oxygen atoms in total. The summed E-state index contributed by atoms with van der Waals surface area (Å²) in [6.07, 6.45) is 1.93. The van der Waals surface area contributed by atoms with Gasteiger partial charge in [0, 0.05) is 24.5 Å². The molecule has 4 rings (SSSR count). The van der Waals surface area contributed by atoms with Crippen LogP contribution in [0.3, 0.4) is 0 Å². The summed E-state index contributed by atoms with van der Waals surface area (Å²) in [5, 5.41) is 3.45. The number of hydrogen-bond donors (Lipinski definition) is 1. The molecule has 0 aliphatic carbocycles. The maximum Gasteiger partial charge on any atom is 0.264 e. The van der Waals surface area contributed by atoms with Crippen LogP contribution < -0.4 is 9.62 Å². The summed E-state index contributed by atoms with van der Waals surface area (Å²) >= 11 is 6.57. The number of sulfonamides is 1. The number of rotatable bonds is 14. The first-order chi connectivity index (χ1) is 21.6. The molecular formula is C36H40ClN3O4S. The molecule has 2 amide bonds. The Hall–Kier alpha value is -4.14. The molecule has 0 aliphatic rings. The average Bonchev–Trinajstić information content (AvgIpc) is 3.04. The molecule has 0 aromatic heterocycles. The highest BCUT2D eigenvalue weighted by Crippen LogP contribution is 2.29. The number of halogens is 1. The van der Waals surface area contributed by atoms with Crippen molar-refractivity contribution in [1.82, 2.24) is 10.2 Å². The second-order valence-corrected chi connectivity index (χ2v) is 13.3. The second-order valence-electron chi connectivity index (χ2n) is 11.0. The lowest BCUT2D eigenvalue weighted by Crippen LogP contribution is -2.53. The first-order valence-electron chi connectivity index (χ1n) is 15.1. The van der Waals surface area contributed by atoms with Gasteiger partial charge in [-0.3, -0.25) is 13.9 Å². The van der Waals surface area contributed by atoms with Gasteiger partial charge in [0.25, 0.3) is 10.0 Å². The zero-order valence-corrected chi connectivity index (χ0v) is 27.5. The monoisotopic (exact) mass is 645 g/mol. The minimum atomic E-state index is -4.17. The average molecular weight is 646 g/mol. The maximum atomic E-state index is 14.6. The Kier molecular flexibility index (Phi) is 11.8. The zero-order chi connectivity index (χ0) is 32.4. The highest BCUT2D eigenvalue weighted by atomic mass is 35.5. The van der Waals surface area contributed by atoms with Gasteiger partial charge in [0.2, 0.25) is 11.8 Å². The van der Waals surface area contributed by atoms with E-state index in [-0.39, 0.29) is 23.8 Å². The first kappa shape index (κ1) is 33.7. The van der Waals surface area contributed by atoms with Gasteiger partial charge in [0.1, 0.15) is 12.6 Å². The van der Waals surface area contributed by atoms with Crippen molar-refractivity contribution in [1.29, 1.82) is 0 Å². The summed E-state index contributed by atoms with van der Waals surface area (Å²) in [7, 11) is -4.17. The number of nitrogens with zero attached hydrogens (tertiary/aromatic N) is 2. The van der Waals surface area contributed by atoms with Gasteiger partial charge >= 0.3 is 0 Å². The van der Waals surface area contributed by atoms with Crippen LogP contribution in [0.2, 0.25) is 5.02 Å². The molecule has 9 heteroatoms. The third kappa shape index (κ3) is 8.53. The minimum Gasteiger partial charge on any atom is -0.354 e. The molecule has 4 aromatic carbocycles. The van der Waals surface area contributed by atoms with E-state index in [1.165, 1.54) is 17.0 Å². The first-order valence-corrected chi connectivity index (χ1v) is 16.9. The van der Waals surface area contributed by atoms with Crippen molar-refractivity contribution in [2.75, 3.05) is 17.4 Å². The fraction of sp³-hybridized carbons (Fsp3) is 0.278. The minimum absolute atomic E-state index is 0.0171. The molecule has 0 aliphatic heterocycles. The quantitative estimate of drug-likeness (QED) is 0.155. The van der Waals surface area contributed by atoms with Gasteiger partial charge in [-0.1, -0.05) is 104 Å². The molecule has 0 fully saturated rings.